The number of carbonyl (C=O) groups is 2. The lowest BCUT2D eigenvalue weighted by atomic mass is 9.73. The van der Waals surface area contributed by atoms with Gasteiger partial charge in [0, 0.05) is 31.0 Å². The zero-order valence-corrected chi connectivity index (χ0v) is 17.6. The van der Waals surface area contributed by atoms with Crippen molar-refractivity contribution in [3.63, 3.8) is 0 Å². The smallest absolute Gasteiger partial charge is 0.255 e. The zero-order chi connectivity index (χ0) is 21.2. The van der Waals surface area contributed by atoms with Crippen LogP contribution in [0.1, 0.15) is 33.9 Å². The molecule has 31 heavy (non-hydrogen) atoms. The van der Waals surface area contributed by atoms with Gasteiger partial charge in [0.2, 0.25) is 5.91 Å². The van der Waals surface area contributed by atoms with Gasteiger partial charge in [-0.15, -0.1) is 11.3 Å². The van der Waals surface area contributed by atoms with Gasteiger partial charge in [0.05, 0.1) is 33.5 Å². The van der Waals surface area contributed by atoms with Gasteiger partial charge in [-0.05, 0) is 30.2 Å². The lowest BCUT2D eigenvalue weighted by molar-refractivity contribution is -0.121. The summed E-state index contributed by atoms with van der Waals surface area (Å²) in [6.45, 7) is 0.481. The molecular formula is C23H19N5O2S. The summed E-state index contributed by atoms with van der Waals surface area (Å²) < 4.78 is 2.59. The molecule has 1 fully saturated rings. The molecule has 7 nitrogen and oxygen atoms in total. The average Bonchev–Trinajstić information content (AvgIpc) is 3.54. The van der Waals surface area contributed by atoms with Crippen LogP contribution >= 0.6 is 11.3 Å². The maximum atomic E-state index is 13.9. The van der Waals surface area contributed by atoms with Crippen molar-refractivity contribution in [3.8, 4) is 0 Å². The first kappa shape index (κ1) is 18.3. The fourth-order valence-corrected chi connectivity index (χ4v) is 5.96. The molecule has 1 spiro atoms. The fourth-order valence-electron chi connectivity index (χ4n) is 5.16. The molecule has 2 atom stereocenters. The molecule has 2 aromatic carbocycles. The summed E-state index contributed by atoms with van der Waals surface area (Å²) in [6.07, 6.45) is 4.22. The third-order valence-electron chi connectivity index (χ3n) is 6.48. The highest BCUT2D eigenvalue weighted by atomic mass is 32.1. The number of nitrogens with one attached hydrogen (secondary N) is 1. The number of hydrogen-bond donors (Lipinski definition) is 1. The number of fused-ring (bicyclic) bond motifs is 3. The summed E-state index contributed by atoms with van der Waals surface area (Å²) in [5.41, 5.74) is 4.98. The molecule has 1 saturated heterocycles. The molecule has 0 saturated carbocycles. The number of anilines is 1. The molecule has 2 aliphatic heterocycles. The van der Waals surface area contributed by atoms with E-state index in [0.29, 0.717) is 18.5 Å². The van der Waals surface area contributed by atoms with Crippen LogP contribution in [0.15, 0.2) is 60.4 Å². The molecule has 2 amide bonds. The van der Waals surface area contributed by atoms with Crippen LogP contribution in [0.4, 0.5) is 5.69 Å². The van der Waals surface area contributed by atoms with E-state index < -0.39 is 11.5 Å². The normalized spacial score (nSPS) is 22.3. The van der Waals surface area contributed by atoms with E-state index in [1.165, 1.54) is 11.3 Å². The van der Waals surface area contributed by atoms with Gasteiger partial charge in [0.1, 0.15) is 5.41 Å². The average molecular weight is 430 g/mol. The van der Waals surface area contributed by atoms with Crippen LogP contribution < -0.4 is 5.32 Å². The molecular weight excluding hydrogens is 410 g/mol. The predicted molar refractivity (Wildman–Crippen MR) is 118 cm³/mol. The van der Waals surface area contributed by atoms with E-state index in [1.807, 2.05) is 60.6 Å². The number of benzene rings is 2. The van der Waals surface area contributed by atoms with Gasteiger partial charge in [-0.25, -0.2) is 4.98 Å². The van der Waals surface area contributed by atoms with Gasteiger partial charge < -0.3 is 10.2 Å². The first-order valence-corrected chi connectivity index (χ1v) is 11.0. The highest BCUT2D eigenvalue weighted by molar-refractivity contribution is 7.17. The van der Waals surface area contributed by atoms with Crippen LogP contribution in [0.3, 0.4) is 0 Å². The third kappa shape index (κ3) is 2.45. The Labute approximate surface area is 182 Å². The summed E-state index contributed by atoms with van der Waals surface area (Å²) in [5.74, 6) is -0.147. The third-order valence-corrected chi connectivity index (χ3v) is 7.35. The van der Waals surface area contributed by atoms with Crippen molar-refractivity contribution >= 4 is 39.1 Å². The number of amides is 2. The molecule has 2 aromatic heterocycles. The van der Waals surface area contributed by atoms with Gasteiger partial charge in [-0.2, -0.15) is 5.10 Å². The molecule has 1 N–H and O–H groups in total. The number of para-hydroxylation sites is 1. The Hall–Kier alpha value is -3.52. The Morgan fingerprint density at radius 1 is 1.23 bits per heavy atom. The summed E-state index contributed by atoms with van der Waals surface area (Å²) in [7, 11) is 1.85. The molecule has 2 unspecified atom stereocenters. The number of likely N-dealkylation sites (tertiary alicyclic amines) is 1. The van der Waals surface area contributed by atoms with Gasteiger partial charge in [0.25, 0.3) is 5.91 Å². The molecule has 0 bridgehead atoms. The lowest BCUT2D eigenvalue weighted by Crippen LogP contribution is -2.42. The molecule has 0 aliphatic carbocycles. The highest BCUT2D eigenvalue weighted by Crippen LogP contribution is 2.55. The first-order chi connectivity index (χ1) is 15.1. The highest BCUT2D eigenvalue weighted by Gasteiger charge is 2.59. The number of aromatic nitrogens is 3. The topological polar surface area (TPSA) is 80.1 Å². The number of hydrogen-bond acceptors (Lipinski definition) is 5. The van der Waals surface area contributed by atoms with E-state index in [0.717, 1.165) is 27.0 Å². The van der Waals surface area contributed by atoms with E-state index in [-0.39, 0.29) is 11.8 Å². The van der Waals surface area contributed by atoms with Crippen molar-refractivity contribution in [2.75, 3.05) is 11.9 Å². The number of rotatable bonds is 2. The number of thiazole rings is 1. The van der Waals surface area contributed by atoms with Gasteiger partial charge in [-0.1, -0.05) is 24.3 Å². The molecule has 6 rings (SSSR count). The van der Waals surface area contributed by atoms with Crippen LogP contribution in [-0.2, 0) is 17.3 Å². The fraction of sp³-hybridized carbons (Fsp3) is 0.217. The maximum Gasteiger partial charge on any atom is 0.255 e. The number of nitrogens with zero attached hydrogens (tertiary/aromatic N) is 4. The van der Waals surface area contributed by atoms with Crippen LogP contribution in [0.5, 0.6) is 0 Å². The minimum absolute atomic E-state index is 0.0612. The Balaban J connectivity index is 1.53. The molecule has 8 heteroatoms. The second-order valence-corrected chi connectivity index (χ2v) is 8.93. The standard InChI is InChI=1S/C23H19N5O2S/c1-27-12-14(11-25-27)20-23(16-6-2-3-7-17(16)26-22(23)30)9-10-28(20)21(29)15-5-4-8-18-19(15)31-13-24-18/h2-8,11-13,20H,9-10H2,1H3,(H,26,30). The molecule has 154 valence electrons. The van der Waals surface area contributed by atoms with Crippen LogP contribution in [-0.4, -0.2) is 38.0 Å². The summed E-state index contributed by atoms with van der Waals surface area (Å²) >= 11 is 1.46. The summed E-state index contributed by atoms with van der Waals surface area (Å²) in [4.78, 5) is 33.5. The Morgan fingerprint density at radius 2 is 2.10 bits per heavy atom. The summed E-state index contributed by atoms with van der Waals surface area (Å²) in [6, 6.07) is 12.9. The SMILES string of the molecule is Cn1cc(C2N(C(=O)c3cccc4ncsc34)CCC23C(=O)Nc2ccccc23)cn1. The van der Waals surface area contributed by atoms with E-state index in [9.17, 15) is 9.59 Å². The van der Waals surface area contributed by atoms with Crippen LogP contribution in [0.2, 0.25) is 0 Å². The number of carbonyl (C=O) groups excluding carboxylic acids is 2. The summed E-state index contributed by atoms with van der Waals surface area (Å²) in [5, 5.41) is 7.39. The van der Waals surface area contributed by atoms with Crippen molar-refractivity contribution in [1.82, 2.24) is 19.7 Å². The van der Waals surface area contributed by atoms with E-state index in [4.69, 9.17) is 0 Å². The van der Waals surface area contributed by atoms with Gasteiger partial charge in [0.15, 0.2) is 0 Å². The number of aryl methyl sites for hydroxylation is 1. The Morgan fingerprint density at radius 3 is 2.94 bits per heavy atom. The van der Waals surface area contributed by atoms with Crippen LogP contribution in [0, 0.1) is 0 Å². The van der Waals surface area contributed by atoms with Crippen LogP contribution in [0.25, 0.3) is 10.2 Å². The Kier molecular flexibility index (Phi) is 3.82. The van der Waals surface area contributed by atoms with Crippen molar-refractivity contribution < 1.29 is 9.59 Å². The predicted octanol–water partition coefficient (Wildman–Crippen LogP) is 3.51. The van der Waals surface area contributed by atoms with Crippen molar-refractivity contribution in [2.45, 2.75) is 17.9 Å². The minimum atomic E-state index is -0.836. The van der Waals surface area contributed by atoms with Gasteiger partial charge in [-0.3, -0.25) is 14.3 Å². The van der Waals surface area contributed by atoms with Gasteiger partial charge >= 0.3 is 0 Å². The van der Waals surface area contributed by atoms with Crippen molar-refractivity contribution in [1.29, 1.82) is 0 Å². The zero-order valence-electron chi connectivity index (χ0n) is 16.8. The quantitative estimate of drug-likeness (QED) is 0.529. The first-order valence-electron chi connectivity index (χ1n) is 10.1. The maximum absolute atomic E-state index is 13.9. The van der Waals surface area contributed by atoms with E-state index >= 15 is 0 Å². The second-order valence-electron chi connectivity index (χ2n) is 8.08. The molecule has 0 radical (unpaired) electrons. The van der Waals surface area contributed by atoms with E-state index in [1.54, 1.807) is 16.4 Å². The molecule has 2 aliphatic rings. The molecule has 4 aromatic rings. The van der Waals surface area contributed by atoms with Crippen molar-refractivity contribution in [2.24, 2.45) is 7.05 Å². The van der Waals surface area contributed by atoms with Crippen molar-refractivity contribution in [3.05, 3.63) is 77.1 Å². The molecule has 4 heterocycles. The lowest BCUT2D eigenvalue weighted by Gasteiger charge is -2.33. The van der Waals surface area contributed by atoms with E-state index in [2.05, 4.69) is 15.4 Å². The second kappa shape index (κ2) is 6.49. The minimum Gasteiger partial charge on any atom is -0.330 e. The largest absolute Gasteiger partial charge is 0.330 e. The Bertz CT molecular complexity index is 1360. The monoisotopic (exact) mass is 429 g/mol.